The van der Waals surface area contributed by atoms with Gasteiger partial charge in [0, 0.05) is 22.3 Å². The van der Waals surface area contributed by atoms with Gasteiger partial charge in [0.25, 0.3) is 0 Å². The van der Waals surface area contributed by atoms with E-state index in [-0.39, 0.29) is 5.97 Å². The first-order chi connectivity index (χ1) is 8.61. The predicted molar refractivity (Wildman–Crippen MR) is 70.6 cm³/mol. The molecule has 0 saturated heterocycles. The largest absolute Gasteiger partial charge is 0.478 e. The molecule has 0 aliphatic carbocycles. The number of carbonyl (C=O) groups excluding carboxylic acids is 1. The molecule has 4 nitrogen and oxygen atoms in total. The number of hydrogen-bond donors (Lipinski definition) is 1. The Hall–Kier alpha value is -1.62. The highest BCUT2D eigenvalue weighted by Gasteiger charge is 2.03. The summed E-state index contributed by atoms with van der Waals surface area (Å²) in [6.07, 6.45) is 4.67. The van der Waals surface area contributed by atoms with Gasteiger partial charge in [-0.25, -0.2) is 4.79 Å². The maximum atomic E-state index is 11.1. The zero-order valence-corrected chi connectivity index (χ0v) is 11.0. The number of rotatable bonds is 7. The lowest BCUT2D eigenvalue weighted by molar-refractivity contribution is -0.143. The Labute approximate surface area is 110 Å². The van der Waals surface area contributed by atoms with E-state index < -0.39 is 5.97 Å². The van der Waals surface area contributed by atoms with Crippen LogP contribution in [0.3, 0.4) is 0 Å². The topological polar surface area (TPSA) is 63.6 Å². The lowest BCUT2D eigenvalue weighted by Crippen LogP contribution is -2.03. The monoisotopic (exact) mass is 268 g/mol. The van der Waals surface area contributed by atoms with Crippen LogP contribution in [-0.2, 0) is 20.7 Å². The minimum absolute atomic E-state index is 0.167. The van der Waals surface area contributed by atoms with Crippen molar-refractivity contribution < 1.29 is 19.4 Å². The van der Waals surface area contributed by atoms with E-state index in [1.54, 1.807) is 13.0 Å². The van der Waals surface area contributed by atoms with Gasteiger partial charge >= 0.3 is 11.9 Å². The summed E-state index contributed by atoms with van der Waals surface area (Å²) in [6, 6.07) is 3.83. The van der Waals surface area contributed by atoms with Crippen LogP contribution < -0.4 is 0 Å². The first kappa shape index (κ1) is 14.4. The first-order valence-corrected chi connectivity index (χ1v) is 6.58. The van der Waals surface area contributed by atoms with E-state index in [1.165, 1.54) is 11.3 Å². The fourth-order valence-electron chi connectivity index (χ4n) is 1.41. The molecule has 0 bridgehead atoms. The minimum atomic E-state index is -0.952. The number of ether oxygens (including phenoxy) is 1. The molecule has 5 heteroatoms. The van der Waals surface area contributed by atoms with Crippen molar-refractivity contribution in [3.63, 3.8) is 0 Å². The second-order valence-corrected chi connectivity index (χ2v) is 4.83. The quantitative estimate of drug-likeness (QED) is 0.610. The third-order valence-corrected chi connectivity index (χ3v) is 3.29. The second-order valence-electron chi connectivity index (χ2n) is 3.63. The molecule has 1 aromatic heterocycles. The van der Waals surface area contributed by atoms with Gasteiger partial charge < -0.3 is 9.84 Å². The molecule has 98 valence electrons. The number of carbonyl (C=O) groups is 2. The van der Waals surface area contributed by atoms with Crippen molar-refractivity contribution in [1.29, 1.82) is 0 Å². The predicted octanol–water partition coefficient (Wildman–Crippen LogP) is 2.73. The van der Waals surface area contributed by atoms with E-state index in [1.807, 2.05) is 12.1 Å². The van der Waals surface area contributed by atoms with Crippen LogP contribution in [0.5, 0.6) is 0 Å². The number of thiophene rings is 1. The number of esters is 1. The van der Waals surface area contributed by atoms with Crippen molar-refractivity contribution in [3.05, 3.63) is 28.0 Å². The molecular weight excluding hydrogens is 252 g/mol. The Morgan fingerprint density at radius 2 is 2.22 bits per heavy atom. The van der Waals surface area contributed by atoms with Crippen LogP contribution in [0.2, 0.25) is 0 Å². The maximum absolute atomic E-state index is 11.1. The number of aryl methyl sites for hydroxylation is 1. The zero-order valence-electron chi connectivity index (χ0n) is 10.2. The summed E-state index contributed by atoms with van der Waals surface area (Å²) in [7, 11) is 0. The van der Waals surface area contributed by atoms with Crippen LogP contribution in [0, 0.1) is 0 Å². The van der Waals surface area contributed by atoms with Gasteiger partial charge in [0.15, 0.2) is 0 Å². The molecule has 18 heavy (non-hydrogen) atoms. The molecule has 0 aromatic carbocycles. The summed E-state index contributed by atoms with van der Waals surface area (Å²) in [4.78, 5) is 23.5. The highest BCUT2D eigenvalue weighted by Crippen LogP contribution is 2.19. The summed E-state index contributed by atoms with van der Waals surface area (Å²) in [5, 5.41) is 8.50. The summed E-state index contributed by atoms with van der Waals surface area (Å²) in [5.41, 5.74) is 0. The third-order valence-electron chi connectivity index (χ3n) is 2.18. The van der Waals surface area contributed by atoms with Gasteiger partial charge in [0.05, 0.1) is 6.61 Å². The Balaban J connectivity index is 2.35. The van der Waals surface area contributed by atoms with Crippen molar-refractivity contribution >= 4 is 29.4 Å². The standard InChI is InChI=1S/C13H16O4S/c1-2-17-13(16)5-3-4-10-6-7-11(18-10)8-9-12(14)15/h6-9H,2-5H2,1H3,(H,14,15). The summed E-state index contributed by atoms with van der Waals surface area (Å²) in [6.45, 7) is 2.21. The van der Waals surface area contributed by atoms with Crippen LogP contribution in [0.15, 0.2) is 18.2 Å². The molecule has 1 N–H and O–H groups in total. The van der Waals surface area contributed by atoms with Crippen molar-refractivity contribution in [1.82, 2.24) is 0 Å². The normalized spacial score (nSPS) is 10.7. The van der Waals surface area contributed by atoms with Gasteiger partial charge in [-0.1, -0.05) is 0 Å². The van der Waals surface area contributed by atoms with Crippen LogP contribution in [0.4, 0.5) is 0 Å². The molecular formula is C13H16O4S. The van der Waals surface area contributed by atoms with E-state index >= 15 is 0 Å². The summed E-state index contributed by atoms with van der Waals surface area (Å²) < 4.78 is 4.84. The molecule has 0 unspecified atom stereocenters. The molecule has 1 heterocycles. The van der Waals surface area contributed by atoms with Crippen LogP contribution in [0.25, 0.3) is 6.08 Å². The van der Waals surface area contributed by atoms with Crippen molar-refractivity contribution in [3.8, 4) is 0 Å². The van der Waals surface area contributed by atoms with Gasteiger partial charge in [0.1, 0.15) is 0 Å². The number of carboxylic acids is 1. The lowest BCUT2D eigenvalue weighted by atomic mass is 10.2. The van der Waals surface area contributed by atoms with Crippen LogP contribution >= 0.6 is 11.3 Å². The molecule has 0 saturated carbocycles. The van der Waals surface area contributed by atoms with Crippen molar-refractivity contribution in [2.24, 2.45) is 0 Å². The van der Waals surface area contributed by atoms with Gasteiger partial charge in [-0.2, -0.15) is 0 Å². The zero-order chi connectivity index (χ0) is 13.4. The highest BCUT2D eigenvalue weighted by atomic mass is 32.1. The molecule has 0 atom stereocenters. The molecule has 0 radical (unpaired) electrons. The summed E-state index contributed by atoms with van der Waals surface area (Å²) >= 11 is 1.54. The fourth-order valence-corrected chi connectivity index (χ4v) is 2.37. The smallest absolute Gasteiger partial charge is 0.328 e. The third kappa shape index (κ3) is 5.63. The van der Waals surface area contributed by atoms with Crippen LogP contribution in [0.1, 0.15) is 29.5 Å². The average Bonchev–Trinajstić information content (AvgIpc) is 2.75. The number of carboxylic acid groups (broad SMARTS) is 1. The number of aliphatic carboxylic acids is 1. The van der Waals surface area contributed by atoms with Crippen LogP contribution in [-0.4, -0.2) is 23.7 Å². The molecule has 1 rings (SSSR count). The Bertz CT molecular complexity index is 434. The second kappa shape index (κ2) is 7.66. The number of hydrogen-bond acceptors (Lipinski definition) is 4. The molecule has 0 amide bonds. The maximum Gasteiger partial charge on any atom is 0.328 e. The Morgan fingerprint density at radius 1 is 1.44 bits per heavy atom. The van der Waals surface area contributed by atoms with Gasteiger partial charge in [-0.15, -0.1) is 11.3 Å². The highest BCUT2D eigenvalue weighted by molar-refractivity contribution is 7.12. The molecule has 1 aromatic rings. The van der Waals surface area contributed by atoms with E-state index in [0.717, 1.165) is 28.7 Å². The molecule has 0 aliphatic heterocycles. The van der Waals surface area contributed by atoms with Crippen molar-refractivity contribution in [2.45, 2.75) is 26.2 Å². The Kier molecular flexibility index (Phi) is 6.14. The van der Waals surface area contributed by atoms with Gasteiger partial charge in [-0.05, 0) is 38.0 Å². The SMILES string of the molecule is CCOC(=O)CCCc1ccc(C=CC(=O)O)s1. The van der Waals surface area contributed by atoms with E-state index in [4.69, 9.17) is 9.84 Å². The van der Waals surface area contributed by atoms with E-state index in [0.29, 0.717) is 13.0 Å². The summed E-state index contributed by atoms with van der Waals surface area (Å²) in [5.74, 6) is -1.12. The fraction of sp³-hybridized carbons (Fsp3) is 0.385. The Morgan fingerprint density at radius 3 is 2.89 bits per heavy atom. The van der Waals surface area contributed by atoms with E-state index in [9.17, 15) is 9.59 Å². The minimum Gasteiger partial charge on any atom is -0.478 e. The van der Waals surface area contributed by atoms with Gasteiger partial charge in [-0.3, -0.25) is 4.79 Å². The molecule has 0 spiro atoms. The van der Waals surface area contributed by atoms with E-state index in [2.05, 4.69) is 0 Å². The van der Waals surface area contributed by atoms with Crippen molar-refractivity contribution in [2.75, 3.05) is 6.61 Å². The molecule has 0 fully saturated rings. The lowest BCUT2D eigenvalue weighted by Gasteiger charge is -2.00. The van der Waals surface area contributed by atoms with Gasteiger partial charge in [0.2, 0.25) is 0 Å². The first-order valence-electron chi connectivity index (χ1n) is 5.77. The average molecular weight is 268 g/mol. The molecule has 0 aliphatic rings.